The van der Waals surface area contributed by atoms with Crippen LogP contribution < -0.4 is 5.32 Å². The molecule has 0 aliphatic carbocycles. The van der Waals surface area contributed by atoms with Crippen molar-refractivity contribution in [2.24, 2.45) is 0 Å². The van der Waals surface area contributed by atoms with Gasteiger partial charge in [0.2, 0.25) is 5.91 Å². The van der Waals surface area contributed by atoms with Crippen LogP contribution in [0.1, 0.15) is 0 Å². The quantitative estimate of drug-likeness (QED) is 0.661. The van der Waals surface area contributed by atoms with Crippen LogP contribution in [0.2, 0.25) is 5.02 Å². The summed E-state index contributed by atoms with van der Waals surface area (Å²) in [5.74, 6) is -0.862. The third-order valence-electron chi connectivity index (χ3n) is 2.29. The van der Waals surface area contributed by atoms with Crippen molar-refractivity contribution >= 4 is 29.0 Å². The smallest absolute Gasteiger partial charge is 0.360 e. The van der Waals surface area contributed by atoms with E-state index >= 15 is 0 Å². The highest BCUT2D eigenvalue weighted by Crippen LogP contribution is 2.23. The van der Waals surface area contributed by atoms with Crippen LogP contribution in [0.25, 0.3) is 0 Å². The first kappa shape index (κ1) is 17.0. The van der Waals surface area contributed by atoms with Gasteiger partial charge in [-0.1, -0.05) is 11.6 Å². The molecule has 0 aliphatic rings. The molecule has 1 N–H and O–H groups in total. The number of nitro groups is 1. The highest BCUT2D eigenvalue weighted by molar-refractivity contribution is 6.33. The molecule has 0 aromatic carbocycles. The van der Waals surface area contributed by atoms with E-state index in [1.807, 2.05) is 0 Å². The van der Waals surface area contributed by atoms with Crippen molar-refractivity contribution < 1.29 is 22.9 Å². The molecule has 21 heavy (non-hydrogen) atoms. The molecule has 1 rings (SSSR count). The Balaban J connectivity index is 2.63. The van der Waals surface area contributed by atoms with Gasteiger partial charge in [-0.05, 0) is 0 Å². The van der Waals surface area contributed by atoms with Crippen molar-refractivity contribution in [1.82, 2.24) is 9.88 Å². The highest BCUT2D eigenvalue weighted by atomic mass is 35.5. The Labute approximate surface area is 121 Å². The molecule has 0 atom stereocenters. The van der Waals surface area contributed by atoms with Crippen LogP contribution in [-0.4, -0.2) is 47.0 Å². The minimum Gasteiger partial charge on any atom is -0.360 e. The molecule has 1 aromatic rings. The number of carbonyl (C=O) groups excluding carboxylic acids is 1. The molecule has 0 bridgehead atoms. The fraction of sp³-hybridized carbons (Fsp3) is 0.400. The lowest BCUT2D eigenvalue weighted by molar-refractivity contribution is -0.385. The number of pyridine rings is 1. The van der Waals surface area contributed by atoms with Crippen LogP contribution in [0.5, 0.6) is 0 Å². The SMILES string of the molecule is CN(CC(F)(F)F)C(=O)CNc1ncc([N+](=O)[O-])cc1Cl. The van der Waals surface area contributed by atoms with E-state index in [0.29, 0.717) is 4.90 Å². The molecular weight excluding hydrogens is 317 g/mol. The van der Waals surface area contributed by atoms with Crippen LogP contribution in [0.3, 0.4) is 0 Å². The standard InChI is InChI=1S/C10H10ClF3N4O3/c1-17(5-10(12,13)14)8(19)4-16-9-7(11)2-6(3-15-9)18(20)21/h2-3H,4-5H2,1H3,(H,15,16). The molecule has 0 radical (unpaired) electrons. The lowest BCUT2D eigenvalue weighted by Gasteiger charge is -2.19. The fourth-order valence-corrected chi connectivity index (χ4v) is 1.54. The average molecular weight is 327 g/mol. The van der Waals surface area contributed by atoms with Gasteiger partial charge in [-0.2, -0.15) is 13.2 Å². The summed E-state index contributed by atoms with van der Waals surface area (Å²) in [6, 6.07) is 1.01. The van der Waals surface area contributed by atoms with Crippen molar-refractivity contribution in [3.8, 4) is 0 Å². The number of likely N-dealkylation sites (N-methyl/N-ethyl adjacent to an activating group) is 1. The van der Waals surface area contributed by atoms with Crippen LogP contribution in [0.15, 0.2) is 12.3 Å². The Hall–Kier alpha value is -2.10. The first-order chi connectivity index (χ1) is 9.60. The second-order valence-corrected chi connectivity index (χ2v) is 4.41. The Kier molecular flexibility index (Phi) is 5.30. The highest BCUT2D eigenvalue weighted by Gasteiger charge is 2.31. The van der Waals surface area contributed by atoms with Crippen molar-refractivity contribution in [3.05, 3.63) is 27.4 Å². The fourth-order valence-electron chi connectivity index (χ4n) is 1.31. The van der Waals surface area contributed by atoms with E-state index in [1.165, 1.54) is 0 Å². The minimum absolute atomic E-state index is 0.0315. The zero-order chi connectivity index (χ0) is 16.2. The molecule has 1 amide bonds. The van der Waals surface area contributed by atoms with Crippen LogP contribution in [0.4, 0.5) is 24.7 Å². The van der Waals surface area contributed by atoms with Crippen molar-refractivity contribution in [2.45, 2.75) is 6.18 Å². The summed E-state index contributed by atoms with van der Waals surface area (Å²) in [6.07, 6.45) is -3.58. The summed E-state index contributed by atoms with van der Waals surface area (Å²) in [6.45, 7) is -1.86. The number of hydrogen-bond acceptors (Lipinski definition) is 5. The Morgan fingerprint density at radius 2 is 2.19 bits per heavy atom. The monoisotopic (exact) mass is 326 g/mol. The maximum atomic E-state index is 12.1. The number of aromatic nitrogens is 1. The second-order valence-electron chi connectivity index (χ2n) is 4.00. The summed E-state index contributed by atoms with van der Waals surface area (Å²) >= 11 is 5.71. The van der Waals surface area contributed by atoms with Crippen LogP contribution in [0, 0.1) is 10.1 Å². The van der Waals surface area contributed by atoms with Crippen molar-refractivity contribution in [1.29, 1.82) is 0 Å². The maximum absolute atomic E-state index is 12.1. The van der Waals surface area contributed by atoms with Crippen LogP contribution >= 0.6 is 11.6 Å². The number of rotatable bonds is 5. The summed E-state index contributed by atoms with van der Waals surface area (Å²) in [4.78, 5) is 25.4. The average Bonchev–Trinajstić information content (AvgIpc) is 2.34. The molecule has 1 heterocycles. The van der Waals surface area contributed by atoms with Gasteiger partial charge in [0.05, 0.1) is 16.5 Å². The Bertz CT molecular complexity index is 553. The summed E-state index contributed by atoms with van der Waals surface area (Å²) in [5.41, 5.74) is -0.342. The Morgan fingerprint density at radius 1 is 1.57 bits per heavy atom. The molecule has 0 aliphatic heterocycles. The first-order valence-electron chi connectivity index (χ1n) is 5.44. The lowest BCUT2D eigenvalue weighted by atomic mass is 10.4. The van der Waals surface area contributed by atoms with Gasteiger partial charge in [0.25, 0.3) is 5.69 Å². The zero-order valence-corrected chi connectivity index (χ0v) is 11.4. The van der Waals surface area contributed by atoms with Gasteiger partial charge in [0.15, 0.2) is 0 Å². The predicted octanol–water partition coefficient (Wildman–Crippen LogP) is 2.08. The van der Waals surface area contributed by atoms with Gasteiger partial charge < -0.3 is 10.2 Å². The minimum atomic E-state index is -4.49. The van der Waals surface area contributed by atoms with Gasteiger partial charge in [-0.3, -0.25) is 14.9 Å². The number of nitrogens with zero attached hydrogens (tertiary/aromatic N) is 3. The third kappa shape index (κ3) is 5.42. The van der Waals surface area contributed by atoms with E-state index in [9.17, 15) is 28.1 Å². The molecule has 1 aromatic heterocycles. The van der Waals surface area contributed by atoms with Crippen LogP contribution in [-0.2, 0) is 4.79 Å². The topological polar surface area (TPSA) is 88.4 Å². The molecule has 0 saturated carbocycles. The maximum Gasteiger partial charge on any atom is 0.406 e. The number of amides is 1. The molecular formula is C10H10ClF3N4O3. The van der Waals surface area contributed by atoms with Crippen molar-refractivity contribution in [2.75, 3.05) is 25.5 Å². The number of anilines is 1. The number of carbonyl (C=O) groups is 1. The number of halogens is 4. The third-order valence-corrected chi connectivity index (χ3v) is 2.57. The van der Waals surface area contributed by atoms with E-state index in [1.54, 1.807) is 0 Å². The molecule has 116 valence electrons. The Morgan fingerprint density at radius 3 is 2.67 bits per heavy atom. The summed E-state index contributed by atoms with van der Waals surface area (Å²) in [7, 11) is 1.00. The van der Waals surface area contributed by atoms with E-state index < -0.39 is 30.1 Å². The molecule has 11 heteroatoms. The van der Waals surface area contributed by atoms with E-state index in [4.69, 9.17) is 11.6 Å². The zero-order valence-electron chi connectivity index (χ0n) is 10.6. The molecule has 0 fully saturated rings. The van der Waals surface area contributed by atoms with E-state index in [2.05, 4.69) is 10.3 Å². The van der Waals surface area contributed by atoms with Gasteiger partial charge in [-0.25, -0.2) is 4.98 Å². The number of nitrogens with one attached hydrogen (secondary N) is 1. The lowest BCUT2D eigenvalue weighted by Crippen LogP contribution is -2.39. The molecule has 0 unspecified atom stereocenters. The van der Waals surface area contributed by atoms with E-state index in [-0.39, 0.29) is 16.5 Å². The number of alkyl halides is 3. The number of hydrogen-bond donors (Lipinski definition) is 1. The molecule has 0 spiro atoms. The largest absolute Gasteiger partial charge is 0.406 e. The van der Waals surface area contributed by atoms with Gasteiger partial charge in [-0.15, -0.1) is 0 Å². The normalized spacial score (nSPS) is 11.1. The molecule has 0 saturated heterocycles. The van der Waals surface area contributed by atoms with Crippen molar-refractivity contribution in [3.63, 3.8) is 0 Å². The second kappa shape index (κ2) is 6.57. The molecule has 7 nitrogen and oxygen atoms in total. The summed E-state index contributed by atoms with van der Waals surface area (Å²) in [5, 5.41) is 12.8. The van der Waals surface area contributed by atoms with Gasteiger partial charge in [0.1, 0.15) is 18.6 Å². The van der Waals surface area contributed by atoms with Gasteiger partial charge >= 0.3 is 6.18 Å². The summed E-state index contributed by atoms with van der Waals surface area (Å²) < 4.78 is 36.3. The first-order valence-corrected chi connectivity index (χ1v) is 5.82. The predicted molar refractivity (Wildman–Crippen MR) is 68.1 cm³/mol. The van der Waals surface area contributed by atoms with Gasteiger partial charge in [0, 0.05) is 13.1 Å². The van der Waals surface area contributed by atoms with E-state index in [0.717, 1.165) is 19.3 Å².